The second-order valence-corrected chi connectivity index (χ2v) is 6.66. The molecule has 0 radical (unpaired) electrons. The third-order valence-electron chi connectivity index (χ3n) is 4.64. The van der Waals surface area contributed by atoms with Gasteiger partial charge in [0.15, 0.2) is 0 Å². The van der Waals surface area contributed by atoms with Crippen LogP contribution >= 0.6 is 0 Å². The van der Waals surface area contributed by atoms with E-state index in [4.69, 9.17) is 5.26 Å². The standard InChI is InChI=1S/C18H21N5O2/c1-22-13-20-21-16(22)10-18(25)7-2-8-23(12-18)17(24)9-14-3-5-15(11-19)6-4-14/h3-6,13,25H,2,7-10,12H2,1H3. The quantitative estimate of drug-likeness (QED) is 0.890. The highest BCUT2D eigenvalue weighted by Gasteiger charge is 2.36. The average molecular weight is 339 g/mol. The van der Waals surface area contributed by atoms with Gasteiger partial charge in [-0.2, -0.15) is 5.26 Å². The molecule has 25 heavy (non-hydrogen) atoms. The molecule has 7 nitrogen and oxygen atoms in total. The molecular weight excluding hydrogens is 318 g/mol. The van der Waals surface area contributed by atoms with Crippen molar-refractivity contribution in [3.8, 4) is 6.07 Å². The molecule has 130 valence electrons. The predicted molar refractivity (Wildman–Crippen MR) is 90.3 cm³/mol. The molecule has 1 aromatic heterocycles. The first-order valence-corrected chi connectivity index (χ1v) is 8.31. The summed E-state index contributed by atoms with van der Waals surface area (Å²) < 4.78 is 1.79. The number of aromatic nitrogens is 3. The van der Waals surface area contributed by atoms with Crippen LogP contribution in [0, 0.1) is 11.3 Å². The van der Waals surface area contributed by atoms with Gasteiger partial charge in [-0.15, -0.1) is 10.2 Å². The number of aliphatic hydroxyl groups is 1. The van der Waals surface area contributed by atoms with E-state index in [9.17, 15) is 9.90 Å². The Morgan fingerprint density at radius 3 is 2.80 bits per heavy atom. The number of carbonyl (C=O) groups is 1. The molecule has 1 amide bonds. The number of carbonyl (C=O) groups excluding carboxylic acids is 1. The molecule has 0 bridgehead atoms. The van der Waals surface area contributed by atoms with Gasteiger partial charge in [0, 0.05) is 26.6 Å². The van der Waals surface area contributed by atoms with E-state index in [1.807, 2.05) is 7.05 Å². The van der Waals surface area contributed by atoms with Crippen molar-refractivity contribution in [1.29, 1.82) is 5.26 Å². The second kappa shape index (κ2) is 7.03. The van der Waals surface area contributed by atoms with Gasteiger partial charge in [-0.3, -0.25) is 4.79 Å². The van der Waals surface area contributed by atoms with Gasteiger partial charge >= 0.3 is 0 Å². The first-order chi connectivity index (χ1) is 12.0. The van der Waals surface area contributed by atoms with E-state index in [2.05, 4.69) is 16.3 Å². The van der Waals surface area contributed by atoms with Gasteiger partial charge in [-0.25, -0.2) is 0 Å². The summed E-state index contributed by atoms with van der Waals surface area (Å²) in [7, 11) is 1.84. The lowest BCUT2D eigenvalue weighted by atomic mass is 9.89. The molecule has 2 heterocycles. The van der Waals surface area contributed by atoms with Crippen molar-refractivity contribution < 1.29 is 9.90 Å². The summed E-state index contributed by atoms with van der Waals surface area (Å²) in [5.41, 5.74) is 0.470. The molecule has 7 heteroatoms. The van der Waals surface area contributed by atoms with Crippen molar-refractivity contribution in [3.05, 3.63) is 47.5 Å². The van der Waals surface area contributed by atoms with Crippen LogP contribution in [0.25, 0.3) is 0 Å². The maximum absolute atomic E-state index is 12.6. The predicted octanol–water partition coefficient (Wildman–Crippen LogP) is 0.825. The summed E-state index contributed by atoms with van der Waals surface area (Å²) in [6.45, 7) is 0.950. The van der Waals surface area contributed by atoms with Crippen LogP contribution in [0.1, 0.15) is 29.8 Å². The summed E-state index contributed by atoms with van der Waals surface area (Å²) in [4.78, 5) is 14.3. The van der Waals surface area contributed by atoms with Gasteiger partial charge in [0.25, 0.3) is 0 Å². The van der Waals surface area contributed by atoms with E-state index in [0.29, 0.717) is 37.3 Å². The molecular formula is C18H21N5O2. The monoisotopic (exact) mass is 339 g/mol. The van der Waals surface area contributed by atoms with Crippen LogP contribution in [-0.2, 0) is 24.7 Å². The zero-order valence-corrected chi connectivity index (χ0v) is 14.2. The molecule has 1 atom stereocenters. The number of nitriles is 1. The summed E-state index contributed by atoms with van der Waals surface area (Å²) in [6.07, 6.45) is 3.65. The van der Waals surface area contributed by atoms with E-state index in [1.54, 1.807) is 40.1 Å². The fourth-order valence-electron chi connectivity index (χ4n) is 3.21. The Bertz CT molecular complexity index is 793. The number of hydrogen-bond acceptors (Lipinski definition) is 5. The van der Waals surface area contributed by atoms with Crippen LogP contribution in [0.4, 0.5) is 0 Å². The number of hydrogen-bond donors (Lipinski definition) is 1. The highest BCUT2D eigenvalue weighted by molar-refractivity contribution is 5.79. The number of β-amino-alcohol motifs (C(OH)–C–C–N with tert-alkyl or cyclic N) is 1. The molecule has 1 fully saturated rings. The van der Waals surface area contributed by atoms with Gasteiger partial charge in [-0.05, 0) is 30.5 Å². The van der Waals surface area contributed by atoms with Gasteiger partial charge in [0.05, 0.1) is 23.7 Å². The van der Waals surface area contributed by atoms with Crippen molar-refractivity contribution in [2.75, 3.05) is 13.1 Å². The van der Waals surface area contributed by atoms with E-state index in [0.717, 1.165) is 12.0 Å². The number of likely N-dealkylation sites (tertiary alicyclic amines) is 1. The normalized spacial score (nSPS) is 20.3. The molecule has 1 N–H and O–H groups in total. The van der Waals surface area contributed by atoms with E-state index in [1.165, 1.54) is 0 Å². The SMILES string of the molecule is Cn1cnnc1CC1(O)CCCN(C(=O)Cc2ccc(C#N)cc2)C1. The summed E-state index contributed by atoms with van der Waals surface area (Å²) >= 11 is 0. The van der Waals surface area contributed by atoms with Crippen LogP contribution in [-0.4, -0.2) is 49.4 Å². The minimum absolute atomic E-state index is 0.0132. The highest BCUT2D eigenvalue weighted by atomic mass is 16.3. The molecule has 1 saturated heterocycles. The lowest BCUT2D eigenvalue weighted by Gasteiger charge is -2.39. The first kappa shape index (κ1) is 17.1. The van der Waals surface area contributed by atoms with Gasteiger partial charge in [0.2, 0.25) is 5.91 Å². The molecule has 1 unspecified atom stereocenters. The molecule has 0 aliphatic carbocycles. The van der Waals surface area contributed by atoms with Crippen molar-refractivity contribution >= 4 is 5.91 Å². The molecule has 1 aromatic carbocycles. The minimum atomic E-state index is -0.973. The van der Waals surface area contributed by atoms with Crippen LogP contribution in [0.2, 0.25) is 0 Å². The summed E-state index contributed by atoms with van der Waals surface area (Å²) in [6, 6.07) is 9.08. The fraction of sp³-hybridized carbons (Fsp3) is 0.444. The second-order valence-electron chi connectivity index (χ2n) is 6.66. The smallest absolute Gasteiger partial charge is 0.227 e. The van der Waals surface area contributed by atoms with E-state index in [-0.39, 0.29) is 12.3 Å². The zero-order valence-electron chi connectivity index (χ0n) is 14.2. The molecule has 1 aliphatic rings. The molecule has 3 rings (SSSR count). The van der Waals surface area contributed by atoms with Crippen LogP contribution < -0.4 is 0 Å². The third kappa shape index (κ3) is 4.03. The van der Waals surface area contributed by atoms with Gasteiger partial charge in [-0.1, -0.05) is 12.1 Å². The van der Waals surface area contributed by atoms with Gasteiger partial charge in [0.1, 0.15) is 12.2 Å². The Hall–Kier alpha value is -2.72. The Kier molecular flexibility index (Phi) is 4.81. The van der Waals surface area contributed by atoms with Crippen LogP contribution in [0.3, 0.4) is 0 Å². The Labute approximate surface area is 146 Å². The Morgan fingerprint density at radius 1 is 1.40 bits per heavy atom. The largest absolute Gasteiger partial charge is 0.388 e. The lowest BCUT2D eigenvalue weighted by Crippen LogP contribution is -2.52. The average Bonchev–Trinajstić information content (AvgIpc) is 2.99. The zero-order chi connectivity index (χ0) is 17.9. The number of nitrogens with zero attached hydrogens (tertiary/aromatic N) is 5. The topological polar surface area (TPSA) is 95.0 Å². The van der Waals surface area contributed by atoms with Crippen molar-refractivity contribution in [2.45, 2.75) is 31.3 Å². The lowest BCUT2D eigenvalue weighted by molar-refractivity contribution is -0.137. The molecule has 1 aliphatic heterocycles. The Balaban J connectivity index is 1.64. The van der Waals surface area contributed by atoms with Crippen LogP contribution in [0.15, 0.2) is 30.6 Å². The summed E-state index contributed by atoms with van der Waals surface area (Å²) in [5.74, 6) is 0.699. The maximum atomic E-state index is 12.6. The molecule has 0 saturated carbocycles. The van der Waals surface area contributed by atoms with Crippen LogP contribution in [0.5, 0.6) is 0 Å². The van der Waals surface area contributed by atoms with Crippen molar-refractivity contribution in [2.24, 2.45) is 7.05 Å². The third-order valence-corrected chi connectivity index (χ3v) is 4.64. The number of benzene rings is 1. The highest BCUT2D eigenvalue weighted by Crippen LogP contribution is 2.25. The molecule has 2 aromatic rings. The number of aryl methyl sites for hydroxylation is 1. The summed E-state index contributed by atoms with van der Waals surface area (Å²) in [5, 5.41) is 27.6. The number of rotatable bonds is 4. The fourth-order valence-corrected chi connectivity index (χ4v) is 3.21. The van der Waals surface area contributed by atoms with E-state index >= 15 is 0 Å². The molecule has 0 spiro atoms. The van der Waals surface area contributed by atoms with E-state index < -0.39 is 5.60 Å². The number of amides is 1. The van der Waals surface area contributed by atoms with Gasteiger partial charge < -0.3 is 14.6 Å². The van der Waals surface area contributed by atoms with Crippen molar-refractivity contribution in [3.63, 3.8) is 0 Å². The maximum Gasteiger partial charge on any atom is 0.227 e. The minimum Gasteiger partial charge on any atom is -0.388 e. The first-order valence-electron chi connectivity index (χ1n) is 8.31. The van der Waals surface area contributed by atoms with Crippen molar-refractivity contribution in [1.82, 2.24) is 19.7 Å². The number of piperidine rings is 1. The Morgan fingerprint density at radius 2 is 2.16 bits per heavy atom.